The van der Waals surface area contributed by atoms with Crippen molar-refractivity contribution in [2.45, 2.75) is 6.61 Å². The SMILES string of the molecule is COc1cc(C=Nn2c(-c3cc4cc(Cl)ccc4o3)nc3ccccc3c2=O)c(Br)cc1OCc1ccccc1Cl. The quantitative estimate of drug-likeness (QED) is 0.163. The fourth-order valence-corrected chi connectivity index (χ4v) is 5.12. The third kappa shape index (κ3) is 5.46. The summed E-state index contributed by atoms with van der Waals surface area (Å²) in [5.74, 6) is 1.63. The summed E-state index contributed by atoms with van der Waals surface area (Å²) >= 11 is 16.0. The summed E-state index contributed by atoms with van der Waals surface area (Å²) in [5, 5.41) is 6.95. The maximum atomic E-state index is 13.6. The lowest BCUT2D eigenvalue weighted by Crippen LogP contribution is -2.20. The Kier molecular flexibility index (Phi) is 7.53. The lowest BCUT2D eigenvalue weighted by atomic mass is 10.2. The van der Waals surface area contributed by atoms with Crippen LogP contribution in [0.5, 0.6) is 11.5 Å². The number of methoxy groups -OCH3 is 1. The van der Waals surface area contributed by atoms with E-state index in [0.29, 0.717) is 53.8 Å². The van der Waals surface area contributed by atoms with Gasteiger partial charge in [-0.25, -0.2) is 4.98 Å². The number of hydrogen-bond donors (Lipinski definition) is 0. The van der Waals surface area contributed by atoms with E-state index in [0.717, 1.165) is 10.9 Å². The van der Waals surface area contributed by atoms with Crippen molar-refractivity contribution in [2.75, 3.05) is 7.11 Å². The molecule has 0 saturated heterocycles. The van der Waals surface area contributed by atoms with Gasteiger partial charge in [-0.1, -0.05) is 53.5 Å². The largest absolute Gasteiger partial charge is 0.493 e. The van der Waals surface area contributed by atoms with Crippen LogP contribution in [0, 0.1) is 0 Å². The van der Waals surface area contributed by atoms with Gasteiger partial charge < -0.3 is 13.9 Å². The van der Waals surface area contributed by atoms with Crippen molar-refractivity contribution in [1.82, 2.24) is 9.66 Å². The van der Waals surface area contributed by atoms with Crippen LogP contribution < -0.4 is 15.0 Å². The summed E-state index contributed by atoms with van der Waals surface area (Å²) in [4.78, 5) is 18.3. The van der Waals surface area contributed by atoms with E-state index in [4.69, 9.17) is 42.1 Å². The standard InChI is InChI=1S/C31H20BrCl2N3O4/c1-39-27-14-20(23(32)15-28(27)40-17-18-6-2-4-8-24(18)34)16-35-37-30(36-25-9-5-3-7-22(25)31(37)38)29-13-19-12-21(33)10-11-26(19)41-29/h2-16H,17H2,1H3. The molecule has 10 heteroatoms. The Bertz CT molecular complexity index is 2020. The number of aromatic nitrogens is 2. The van der Waals surface area contributed by atoms with Gasteiger partial charge in [-0.05, 0) is 70.5 Å². The van der Waals surface area contributed by atoms with Gasteiger partial charge in [0.1, 0.15) is 12.2 Å². The number of fused-ring (bicyclic) bond motifs is 2. The molecular weight excluding hydrogens is 629 g/mol. The molecule has 0 amide bonds. The molecule has 0 saturated carbocycles. The fraction of sp³-hybridized carbons (Fsp3) is 0.0645. The highest BCUT2D eigenvalue weighted by atomic mass is 79.9. The zero-order valence-corrected chi connectivity index (χ0v) is 24.6. The molecule has 41 heavy (non-hydrogen) atoms. The highest BCUT2D eigenvalue weighted by Crippen LogP contribution is 2.34. The first-order valence-electron chi connectivity index (χ1n) is 12.4. The highest BCUT2D eigenvalue weighted by molar-refractivity contribution is 9.10. The smallest absolute Gasteiger partial charge is 0.282 e. The summed E-state index contributed by atoms with van der Waals surface area (Å²) in [7, 11) is 1.55. The Labute approximate surface area is 252 Å². The molecule has 7 nitrogen and oxygen atoms in total. The minimum atomic E-state index is -0.344. The van der Waals surface area contributed by atoms with Crippen molar-refractivity contribution in [3.05, 3.63) is 121 Å². The fourth-order valence-electron chi connectivity index (χ4n) is 4.33. The number of furan rings is 1. The van der Waals surface area contributed by atoms with Gasteiger partial charge in [0, 0.05) is 31.0 Å². The number of hydrogen-bond acceptors (Lipinski definition) is 6. The van der Waals surface area contributed by atoms with E-state index in [1.165, 1.54) is 4.68 Å². The van der Waals surface area contributed by atoms with E-state index in [2.05, 4.69) is 21.0 Å². The molecule has 0 N–H and O–H groups in total. The Morgan fingerprint density at radius 2 is 1.80 bits per heavy atom. The van der Waals surface area contributed by atoms with Gasteiger partial charge in [-0.2, -0.15) is 9.78 Å². The topological polar surface area (TPSA) is 78.9 Å². The van der Waals surface area contributed by atoms with E-state index in [1.807, 2.05) is 30.3 Å². The van der Waals surface area contributed by atoms with Crippen molar-refractivity contribution in [3.63, 3.8) is 0 Å². The molecule has 0 aliphatic carbocycles. The molecule has 6 rings (SSSR count). The number of halogens is 3. The van der Waals surface area contributed by atoms with Crippen molar-refractivity contribution in [1.29, 1.82) is 0 Å². The molecule has 0 aliphatic rings. The van der Waals surface area contributed by atoms with Gasteiger partial charge in [0.2, 0.25) is 5.82 Å². The lowest BCUT2D eigenvalue weighted by molar-refractivity contribution is 0.284. The van der Waals surface area contributed by atoms with Crippen LogP contribution in [0.1, 0.15) is 11.1 Å². The normalized spacial score (nSPS) is 11.5. The first-order chi connectivity index (χ1) is 19.9. The number of ether oxygens (including phenoxy) is 2. The first kappa shape index (κ1) is 27.1. The average molecular weight is 649 g/mol. The van der Waals surface area contributed by atoms with Crippen LogP contribution in [0.3, 0.4) is 0 Å². The second kappa shape index (κ2) is 11.4. The predicted molar refractivity (Wildman–Crippen MR) is 166 cm³/mol. The molecule has 0 bridgehead atoms. The van der Waals surface area contributed by atoms with Crippen LogP contribution in [-0.4, -0.2) is 23.0 Å². The summed E-state index contributed by atoms with van der Waals surface area (Å²) in [6.07, 6.45) is 1.55. The van der Waals surface area contributed by atoms with Gasteiger partial charge in [-0.15, -0.1) is 0 Å². The Morgan fingerprint density at radius 3 is 2.63 bits per heavy atom. The van der Waals surface area contributed by atoms with Crippen molar-refractivity contribution < 1.29 is 13.9 Å². The molecular formula is C31H20BrCl2N3O4. The molecule has 0 radical (unpaired) electrons. The van der Waals surface area contributed by atoms with E-state index >= 15 is 0 Å². The van der Waals surface area contributed by atoms with Gasteiger partial charge in [0.25, 0.3) is 5.56 Å². The Balaban J connectivity index is 1.40. The van der Waals surface area contributed by atoms with Crippen molar-refractivity contribution in [2.24, 2.45) is 5.10 Å². The Hall–Kier alpha value is -4.11. The number of para-hydroxylation sites is 1. The molecule has 204 valence electrons. The third-order valence-electron chi connectivity index (χ3n) is 6.39. The summed E-state index contributed by atoms with van der Waals surface area (Å²) < 4.78 is 19.5. The van der Waals surface area contributed by atoms with E-state index in [1.54, 1.807) is 67.9 Å². The zero-order chi connectivity index (χ0) is 28.5. The molecule has 4 aromatic carbocycles. The predicted octanol–water partition coefficient (Wildman–Crippen LogP) is 8.35. The second-order valence-electron chi connectivity index (χ2n) is 9.01. The molecule has 0 fully saturated rings. The van der Waals surface area contributed by atoms with Crippen LogP contribution >= 0.6 is 39.1 Å². The van der Waals surface area contributed by atoms with Crippen LogP contribution in [0.25, 0.3) is 33.5 Å². The minimum absolute atomic E-state index is 0.250. The average Bonchev–Trinajstić information content (AvgIpc) is 3.40. The summed E-state index contributed by atoms with van der Waals surface area (Å²) in [5.41, 5.74) is 2.29. The van der Waals surface area contributed by atoms with Gasteiger partial charge >= 0.3 is 0 Å². The van der Waals surface area contributed by atoms with Gasteiger partial charge in [0.05, 0.1) is 24.2 Å². The number of nitrogens with zero attached hydrogens (tertiary/aromatic N) is 3. The van der Waals surface area contributed by atoms with E-state index < -0.39 is 0 Å². The third-order valence-corrected chi connectivity index (χ3v) is 7.68. The van der Waals surface area contributed by atoms with Gasteiger partial charge in [-0.3, -0.25) is 4.79 Å². The number of rotatable bonds is 7. The maximum Gasteiger partial charge on any atom is 0.282 e. The van der Waals surface area contributed by atoms with Crippen LogP contribution in [-0.2, 0) is 6.61 Å². The molecule has 0 aliphatic heterocycles. The highest BCUT2D eigenvalue weighted by Gasteiger charge is 2.17. The summed E-state index contributed by atoms with van der Waals surface area (Å²) in [6.45, 7) is 0.264. The molecule has 0 unspecified atom stereocenters. The molecule has 0 atom stereocenters. The van der Waals surface area contributed by atoms with Gasteiger partial charge in [0.15, 0.2) is 17.3 Å². The second-order valence-corrected chi connectivity index (χ2v) is 10.7. The monoisotopic (exact) mass is 647 g/mol. The number of benzene rings is 4. The van der Waals surface area contributed by atoms with Crippen LogP contribution in [0.2, 0.25) is 10.0 Å². The minimum Gasteiger partial charge on any atom is -0.493 e. The van der Waals surface area contributed by atoms with Crippen molar-refractivity contribution >= 4 is 67.2 Å². The van der Waals surface area contributed by atoms with Crippen LogP contribution in [0.15, 0.2) is 104 Å². The van der Waals surface area contributed by atoms with E-state index in [-0.39, 0.29) is 18.0 Å². The molecule has 2 aromatic heterocycles. The lowest BCUT2D eigenvalue weighted by Gasteiger charge is -2.13. The Morgan fingerprint density at radius 1 is 1.00 bits per heavy atom. The summed E-state index contributed by atoms with van der Waals surface area (Å²) in [6, 6.07) is 25.2. The van der Waals surface area contributed by atoms with Crippen molar-refractivity contribution in [3.8, 4) is 23.1 Å². The molecule has 6 aromatic rings. The first-order valence-corrected chi connectivity index (χ1v) is 14.0. The zero-order valence-electron chi connectivity index (χ0n) is 21.5. The molecule has 2 heterocycles. The molecule has 0 spiro atoms. The maximum absolute atomic E-state index is 13.6. The van der Waals surface area contributed by atoms with E-state index in [9.17, 15) is 4.79 Å². The van der Waals surface area contributed by atoms with Crippen LogP contribution in [0.4, 0.5) is 0 Å².